The molecule has 0 saturated carbocycles. The first-order chi connectivity index (χ1) is 11.6. The maximum atomic E-state index is 12.3. The fourth-order valence-electron chi connectivity index (χ4n) is 2.15. The number of hydrogen-bond donors (Lipinski definition) is 1. The van der Waals surface area contributed by atoms with Gasteiger partial charge in [-0.3, -0.25) is 4.79 Å². The Kier molecular flexibility index (Phi) is 5.80. The van der Waals surface area contributed by atoms with Crippen LogP contribution in [0.4, 0.5) is 5.69 Å². The van der Waals surface area contributed by atoms with Crippen LogP contribution < -0.4 is 14.8 Å². The summed E-state index contributed by atoms with van der Waals surface area (Å²) in [5, 5.41) is 11.7. The maximum absolute atomic E-state index is 12.3. The van der Waals surface area contributed by atoms with Gasteiger partial charge in [-0.1, -0.05) is 19.1 Å². The van der Waals surface area contributed by atoms with Gasteiger partial charge in [-0.05, 0) is 43.2 Å². The molecular weight excluding hydrogens is 304 g/mol. The highest BCUT2D eigenvalue weighted by Crippen LogP contribution is 2.28. The van der Waals surface area contributed by atoms with E-state index in [1.54, 1.807) is 25.1 Å². The summed E-state index contributed by atoms with van der Waals surface area (Å²) in [6.45, 7) is 3.74. The SMILES string of the molecule is CCc1ccc(NC(=O)[C@@H](C)Oc2ccc(C#N)cc2OC)cc1. The number of nitrogens with one attached hydrogen (secondary N) is 1. The van der Waals surface area contributed by atoms with Gasteiger partial charge in [0.05, 0.1) is 18.7 Å². The molecule has 1 N–H and O–H groups in total. The number of benzene rings is 2. The fraction of sp³-hybridized carbons (Fsp3) is 0.263. The van der Waals surface area contributed by atoms with Gasteiger partial charge >= 0.3 is 0 Å². The lowest BCUT2D eigenvalue weighted by atomic mass is 10.1. The van der Waals surface area contributed by atoms with E-state index >= 15 is 0 Å². The van der Waals surface area contributed by atoms with Gasteiger partial charge in [0.15, 0.2) is 17.6 Å². The van der Waals surface area contributed by atoms with Gasteiger partial charge in [0, 0.05) is 11.8 Å². The van der Waals surface area contributed by atoms with Crippen molar-refractivity contribution in [3.63, 3.8) is 0 Å². The minimum Gasteiger partial charge on any atom is -0.493 e. The predicted molar refractivity (Wildman–Crippen MR) is 92.2 cm³/mol. The monoisotopic (exact) mass is 324 g/mol. The summed E-state index contributed by atoms with van der Waals surface area (Å²) in [6.07, 6.45) is 0.240. The quantitative estimate of drug-likeness (QED) is 0.882. The zero-order valence-electron chi connectivity index (χ0n) is 14.0. The Balaban J connectivity index is 2.04. The number of carbonyl (C=O) groups is 1. The van der Waals surface area contributed by atoms with Crippen LogP contribution in [0.2, 0.25) is 0 Å². The Labute approximate surface area is 141 Å². The molecule has 0 aliphatic rings. The number of aryl methyl sites for hydroxylation is 1. The topological polar surface area (TPSA) is 71.3 Å². The van der Waals surface area contributed by atoms with E-state index in [9.17, 15) is 4.79 Å². The number of amides is 1. The van der Waals surface area contributed by atoms with Gasteiger partial charge in [-0.15, -0.1) is 0 Å². The molecule has 0 unspecified atom stereocenters. The van der Waals surface area contributed by atoms with Crippen LogP contribution in [0, 0.1) is 11.3 Å². The lowest BCUT2D eigenvalue weighted by molar-refractivity contribution is -0.122. The first-order valence-electron chi connectivity index (χ1n) is 7.72. The number of nitriles is 1. The lowest BCUT2D eigenvalue weighted by Crippen LogP contribution is -2.30. The normalized spacial score (nSPS) is 11.2. The maximum Gasteiger partial charge on any atom is 0.265 e. The first kappa shape index (κ1) is 17.4. The van der Waals surface area contributed by atoms with Crippen molar-refractivity contribution in [1.29, 1.82) is 5.26 Å². The first-order valence-corrected chi connectivity index (χ1v) is 7.72. The molecule has 2 aromatic rings. The van der Waals surface area contributed by atoms with Crippen molar-refractivity contribution in [2.75, 3.05) is 12.4 Å². The molecule has 0 bridgehead atoms. The number of nitrogens with zero attached hydrogens (tertiary/aromatic N) is 1. The van der Waals surface area contributed by atoms with Crippen LogP contribution in [-0.2, 0) is 11.2 Å². The molecule has 0 spiro atoms. The van der Waals surface area contributed by atoms with Gasteiger partial charge in [0.1, 0.15) is 0 Å². The summed E-state index contributed by atoms with van der Waals surface area (Å²) >= 11 is 0. The fourth-order valence-corrected chi connectivity index (χ4v) is 2.15. The number of hydrogen-bond acceptors (Lipinski definition) is 4. The zero-order valence-corrected chi connectivity index (χ0v) is 14.0. The molecular formula is C19H20N2O3. The Morgan fingerprint density at radius 3 is 2.50 bits per heavy atom. The summed E-state index contributed by atoms with van der Waals surface area (Å²) in [6, 6.07) is 14.5. The minimum atomic E-state index is -0.710. The van der Waals surface area contributed by atoms with E-state index in [1.807, 2.05) is 30.3 Å². The van der Waals surface area contributed by atoms with Crippen LogP contribution in [0.25, 0.3) is 0 Å². The molecule has 0 saturated heterocycles. The summed E-state index contributed by atoms with van der Waals surface area (Å²) in [4.78, 5) is 12.3. The van der Waals surface area contributed by atoms with E-state index in [-0.39, 0.29) is 5.91 Å². The summed E-state index contributed by atoms with van der Waals surface area (Å²) < 4.78 is 10.9. The van der Waals surface area contributed by atoms with Crippen molar-refractivity contribution in [2.45, 2.75) is 26.4 Å². The van der Waals surface area contributed by atoms with Gasteiger partial charge in [-0.2, -0.15) is 5.26 Å². The summed E-state index contributed by atoms with van der Waals surface area (Å²) in [7, 11) is 1.49. The van der Waals surface area contributed by atoms with Crippen LogP contribution in [0.1, 0.15) is 25.0 Å². The summed E-state index contributed by atoms with van der Waals surface area (Å²) in [5.41, 5.74) is 2.39. The van der Waals surface area contributed by atoms with E-state index in [0.29, 0.717) is 17.1 Å². The van der Waals surface area contributed by atoms with Crippen LogP contribution in [0.15, 0.2) is 42.5 Å². The van der Waals surface area contributed by atoms with Crippen molar-refractivity contribution in [3.8, 4) is 17.6 Å². The molecule has 0 aromatic heterocycles. The highest BCUT2D eigenvalue weighted by atomic mass is 16.5. The molecule has 2 rings (SSSR count). The number of anilines is 1. The molecule has 1 amide bonds. The Morgan fingerprint density at radius 2 is 1.92 bits per heavy atom. The molecule has 0 aliphatic heterocycles. The van der Waals surface area contributed by atoms with Crippen molar-refractivity contribution in [3.05, 3.63) is 53.6 Å². The van der Waals surface area contributed by atoms with Crippen LogP contribution in [-0.4, -0.2) is 19.1 Å². The molecule has 0 fully saturated rings. The Morgan fingerprint density at radius 1 is 1.21 bits per heavy atom. The van der Waals surface area contributed by atoms with Gasteiger partial charge in [0.2, 0.25) is 0 Å². The molecule has 0 heterocycles. The average Bonchev–Trinajstić information content (AvgIpc) is 2.62. The predicted octanol–water partition coefficient (Wildman–Crippen LogP) is 3.54. The highest BCUT2D eigenvalue weighted by Gasteiger charge is 2.17. The second-order valence-electron chi connectivity index (χ2n) is 5.28. The zero-order chi connectivity index (χ0) is 17.5. The second kappa shape index (κ2) is 8.02. The van der Waals surface area contributed by atoms with E-state index in [4.69, 9.17) is 14.7 Å². The number of methoxy groups -OCH3 is 1. The molecule has 5 heteroatoms. The van der Waals surface area contributed by atoms with Gasteiger partial charge in [-0.25, -0.2) is 0 Å². The van der Waals surface area contributed by atoms with E-state index in [1.165, 1.54) is 12.7 Å². The largest absolute Gasteiger partial charge is 0.493 e. The van der Waals surface area contributed by atoms with Crippen molar-refractivity contribution >= 4 is 11.6 Å². The second-order valence-corrected chi connectivity index (χ2v) is 5.28. The molecule has 2 aromatic carbocycles. The molecule has 24 heavy (non-hydrogen) atoms. The van der Waals surface area contributed by atoms with Crippen molar-refractivity contribution in [1.82, 2.24) is 0 Å². The molecule has 0 aliphatic carbocycles. The summed E-state index contributed by atoms with van der Waals surface area (Å²) in [5.74, 6) is 0.576. The molecule has 5 nitrogen and oxygen atoms in total. The van der Waals surface area contributed by atoms with Gasteiger partial charge in [0.25, 0.3) is 5.91 Å². The third kappa shape index (κ3) is 4.26. The molecule has 1 atom stereocenters. The van der Waals surface area contributed by atoms with Crippen LogP contribution in [0.5, 0.6) is 11.5 Å². The van der Waals surface area contributed by atoms with Crippen LogP contribution in [0.3, 0.4) is 0 Å². The smallest absolute Gasteiger partial charge is 0.265 e. The van der Waals surface area contributed by atoms with Crippen LogP contribution >= 0.6 is 0 Å². The highest BCUT2D eigenvalue weighted by molar-refractivity contribution is 5.94. The average molecular weight is 324 g/mol. The Bertz CT molecular complexity index is 748. The number of carbonyl (C=O) groups excluding carboxylic acids is 1. The third-order valence-corrected chi connectivity index (χ3v) is 3.60. The van der Waals surface area contributed by atoms with E-state index < -0.39 is 6.10 Å². The standard InChI is InChI=1S/C19H20N2O3/c1-4-14-5-8-16(9-6-14)21-19(22)13(2)24-17-10-7-15(12-20)11-18(17)23-3/h5-11,13H,4H2,1-3H3,(H,21,22)/t13-/m1/s1. The van der Waals surface area contributed by atoms with Crippen molar-refractivity contribution in [2.24, 2.45) is 0 Å². The van der Waals surface area contributed by atoms with E-state index in [2.05, 4.69) is 12.2 Å². The number of ether oxygens (including phenoxy) is 2. The lowest BCUT2D eigenvalue weighted by Gasteiger charge is -2.17. The number of rotatable bonds is 6. The third-order valence-electron chi connectivity index (χ3n) is 3.60. The Hall–Kier alpha value is -3.00. The molecule has 0 radical (unpaired) electrons. The minimum absolute atomic E-state index is 0.259. The molecule has 124 valence electrons. The van der Waals surface area contributed by atoms with Gasteiger partial charge < -0.3 is 14.8 Å². The van der Waals surface area contributed by atoms with Crippen molar-refractivity contribution < 1.29 is 14.3 Å². The van der Waals surface area contributed by atoms with E-state index in [0.717, 1.165) is 12.1 Å².